The van der Waals surface area contributed by atoms with Gasteiger partial charge in [0.25, 0.3) is 10.0 Å². The van der Waals surface area contributed by atoms with Gasteiger partial charge in [-0.25, -0.2) is 12.8 Å². The molecule has 4 nitrogen and oxygen atoms in total. The highest BCUT2D eigenvalue weighted by Crippen LogP contribution is 2.28. The number of rotatable bonds is 3. The minimum Gasteiger partial charge on any atom is -0.397 e. The summed E-state index contributed by atoms with van der Waals surface area (Å²) < 4.78 is 40.6. The predicted molar refractivity (Wildman–Crippen MR) is 90.5 cm³/mol. The molecule has 2 rings (SSSR count). The molecule has 2 aromatic rings. The van der Waals surface area contributed by atoms with Gasteiger partial charge in [0, 0.05) is 3.57 Å². The average Bonchev–Trinajstić information content (AvgIpc) is 2.38. The highest BCUT2D eigenvalue weighted by molar-refractivity contribution is 14.1. The lowest BCUT2D eigenvalue weighted by molar-refractivity contribution is 0.601. The zero-order valence-corrected chi connectivity index (χ0v) is 14.6. The van der Waals surface area contributed by atoms with E-state index in [4.69, 9.17) is 17.3 Å². The Morgan fingerprint density at radius 2 is 1.95 bits per heavy atom. The molecule has 0 fully saturated rings. The molecule has 21 heavy (non-hydrogen) atoms. The molecule has 0 aliphatic carbocycles. The lowest BCUT2D eigenvalue weighted by Crippen LogP contribution is -2.14. The second kappa shape index (κ2) is 5.98. The van der Waals surface area contributed by atoms with E-state index in [0.29, 0.717) is 19.8 Å². The third-order valence-corrected chi connectivity index (χ3v) is 5.50. The molecule has 0 atom stereocenters. The van der Waals surface area contributed by atoms with Crippen LogP contribution in [0.3, 0.4) is 0 Å². The van der Waals surface area contributed by atoms with Gasteiger partial charge in [-0.2, -0.15) is 0 Å². The number of aryl methyl sites for hydroxylation is 1. The topological polar surface area (TPSA) is 72.2 Å². The van der Waals surface area contributed by atoms with Crippen LogP contribution < -0.4 is 10.5 Å². The van der Waals surface area contributed by atoms with Gasteiger partial charge in [0.15, 0.2) is 0 Å². The first-order valence-electron chi connectivity index (χ1n) is 5.74. The molecular weight excluding hydrogens is 430 g/mol. The molecule has 0 unspecified atom stereocenters. The van der Waals surface area contributed by atoms with Crippen LogP contribution in [0.5, 0.6) is 0 Å². The van der Waals surface area contributed by atoms with E-state index in [0.717, 1.165) is 0 Å². The number of halogens is 3. The molecular formula is C13H11ClFIN2O2S. The van der Waals surface area contributed by atoms with E-state index < -0.39 is 15.8 Å². The van der Waals surface area contributed by atoms with Crippen LogP contribution in [0.2, 0.25) is 5.02 Å². The Balaban J connectivity index is 2.43. The van der Waals surface area contributed by atoms with E-state index in [1.54, 1.807) is 6.92 Å². The molecule has 0 saturated carbocycles. The standard InChI is InChI=1S/C13H11ClFIN2O2S/c1-7-4-9(6-11(17)13(7)14)21(19,20)18-12-3-2-8(15)5-10(12)16/h2-6,18H,17H2,1H3. The number of anilines is 2. The van der Waals surface area contributed by atoms with Crippen LogP contribution >= 0.6 is 34.2 Å². The maximum Gasteiger partial charge on any atom is 0.262 e. The zero-order valence-electron chi connectivity index (χ0n) is 10.8. The highest BCUT2D eigenvalue weighted by Gasteiger charge is 2.18. The molecule has 3 N–H and O–H groups in total. The van der Waals surface area contributed by atoms with Crippen LogP contribution in [-0.2, 0) is 10.0 Å². The fourth-order valence-corrected chi connectivity index (χ4v) is 3.80. The number of hydrogen-bond acceptors (Lipinski definition) is 3. The minimum atomic E-state index is -3.83. The normalized spacial score (nSPS) is 11.4. The van der Waals surface area contributed by atoms with Crippen molar-refractivity contribution in [1.29, 1.82) is 0 Å². The Morgan fingerprint density at radius 3 is 2.52 bits per heavy atom. The van der Waals surface area contributed by atoms with Crippen molar-refractivity contribution in [3.8, 4) is 0 Å². The average molecular weight is 441 g/mol. The van der Waals surface area contributed by atoms with E-state index in [1.807, 2.05) is 22.6 Å². The monoisotopic (exact) mass is 440 g/mol. The number of nitrogen functional groups attached to an aromatic ring is 1. The van der Waals surface area contributed by atoms with Gasteiger partial charge in [-0.15, -0.1) is 0 Å². The third-order valence-electron chi connectivity index (χ3n) is 2.74. The summed E-state index contributed by atoms with van der Waals surface area (Å²) >= 11 is 7.77. The zero-order chi connectivity index (χ0) is 15.8. The van der Waals surface area contributed by atoms with Crippen LogP contribution in [0.4, 0.5) is 15.8 Å². The molecule has 0 aliphatic rings. The summed E-state index contributed by atoms with van der Waals surface area (Å²) in [5.74, 6) is -0.436. The van der Waals surface area contributed by atoms with Gasteiger partial charge in [0.2, 0.25) is 0 Å². The van der Waals surface area contributed by atoms with Gasteiger partial charge in [0.1, 0.15) is 5.82 Å². The van der Waals surface area contributed by atoms with E-state index >= 15 is 0 Å². The SMILES string of the molecule is Cc1cc(S(=O)(=O)Nc2ccc(F)cc2I)cc(N)c1Cl. The minimum absolute atomic E-state index is 0.00188. The van der Waals surface area contributed by atoms with Gasteiger partial charge >= 0.3 is 0 Å². The van der Waals surface area contributed by atoms with Crippen LogP contribution in [0.1, 0.15) is 5.56 Å². The summed E-state index contributed by atoms with van der Waals surface area (Å²) in [5, 5.41) is 0.324. The second-order valence-electron chi connectivity index (χ2n) is 4.37. The summed E-state index contributed by atoms with van der Waals surface area (Å²) in [4.78, 5) is 0.00188. The summed E-state index contributed by atoms with van der Waals surface area (Å²) in [6.07, 6.45) is 0. The number of hydrogen-bond donors (Lipinski definition) is 2. The second-order valence-corrected chi connectivity index (χ2v) is 7.60. The summed E-state index contributed by atoms with van der Waals surface area (Å²) in [7, 11) is -3.83. The Labute approximate surface area is 140 Å². The molecule has 8 heteroatoms. The van der Waals surface area contributed by atoms with Crippen molar-refractivity contribution in [2.24, 2.45) is 0 Å². The molecule has 0 aromatic heterocycles. The van der Waals surface area contributed by atoms with Crippen molar-refractivity contribution < 1.29 is 12.8 Å². The summed E-state index contributed by atoms with van der Waals surface area (Å²) in [5.41, 5.74) is 6.73. The molecule has 0 saturated heterocycles. The smallest absolute Gasteiger partial charge is 0.262 e. The maximum atomic E-state index is 13.0. The molecule has 0 bridgehead atoms. The van der Waals surface area contributed by atoms with Crippen molar-refractivity contribution in [3.63, 3.8) is 0 Å². The number of benzene rings is 2. The predicted octanol–water partition coefficient (Wildman–Crippen LogP) is 3.78. The van der Waals surface area contributed by atoms with E-state index in [2.05, 4.69) is 4.72 Å². The quantitative estimate of drug-likeness (QED) is 0.564. The fourth-order valence-electron chi connectivity index (χ4n) is 1.69. The van der Waals surface area contributed by atoms with Crippen LogP contribution in [-0.4, -0.2) is 8.42 Å². The highest BCUT2D eigenvalue weighted by atomic mass is 127. The summed E-state index contributed by atoms with van der Waals surface area (Å²) in [6.45, 7) is 1.67. The van der Waals surface area contributed by atoms with Crippen molar-refractivity contribution >= 4 is 55.6 Å². The Bertz CT molecular complexity index is 789. The first-order valence-corrected chi connectivity index (χ1v) is 8.68. The van der Waals surface area contributed by atoms with Crippen LogP contribution in [0.25, 0.3) is 0 Å². The van der Waals surface area contributed by atoms with Crippen molar-refractivity contribution in [3.05, 3.63) is 50.3 Å². The molecule has 0 radical (unpaired) electrons. The van der Waals surface area contributed by atoms with Gasteiger partial charge in [-0.3, -0.25) is 4.72 Å². The van der Waals surface area contributed by atoms with Gasteiger partial charge < -0.3 is 5.73 Å². The molecule has 0 heterocycles. The molecule has 2 aromatic carbocycles. The lowest BCUT2D eigenvalue weighted by Gasteiger charge is -2.12. The first-order chi connectivity index (χ1) is 9.70. The first kappa shape index (κ1) is 16.3. The fraction of sp³-hybridized carbons (Fsp3) is 0.0769. The van der Waals surface area contributed by atoms with Crippen LogP contribution in [0.15, 0.2) is 35.2 Å². The van der Waals surface area contributed by atoms with Gasteiger partial charge in [-0.1, -0.05) is 11.6 Å². The largest absolute Gasteiger partial charge is 0.397 e. The molecule has 0 aliphatic heterocycles. The Kier molecular flexibility index (Phi) is 4.64. The van der Waals surface area contributed by atoms with Gasteiger partial charge in [-0.05, 0) is 65.4 Å². The maximum absolute atomic E-state index is 13.0. The van der Waals surface area contributed by atoms with Crippen molar-refractivity contribution in [2.75, 3.05) is 10.5 Å². The number of sulfonamides is 1. The van der Waals surface area contributed by atoms with Gasteiger partial charge in [0.05, 0.1) is 21.3 Å². The van der Waals surface area contributed by atoms with Crippen molar-refractivity contribution in [1.82, 2.24) is 0 Å². The molecule has 112 valence electrons. The van der Waals surface area contributed by atoms with E-state index in [1.165, 1.54) is 30.3 Å². The molecule has 0 amide bonds. The summed E-state index contributed by atoms with van der Waals surface area (Å²) in [6, 6.07) is 6.49. The van der Waals surface area contributed by atoms with E-state index in [9.17, 15) is 12.8 Å². The Hall–Kier alpha value is -1.06. The van der Waals surface area contributed by atoms with Crippen molar-refractivity contribution in [2.45, 2.75) is 11.8 Å². The molecule has 0 spiro atoms. The Morgan fingerprint density at radius 1 is 1.29 bits per heavy atom. The van der Waals surface area contributed by atoms with E-state index in [-0.39, 0.29) is 10.6 Å². The number of nitrogens with two attached hydrogens (primary N) is 1. The number of nitrogens with one attached hydrogen (secondary N) is 1. The lowest BCUT2D eigenvalue weighted by atomic mass is 10.2. The third kappa shape index (κ3) is 3.58. The van der Waals surface area contributed by atoms with Crippen LogP contribution in [0, 0.1) is 16.3 Å².